The fourth-order valence-corrected chi connectivity index (χ4v) is 2.35. The molecule has 1 aromatic carbocycles. The molecule has 2 aromatic rings. The summed E-state index contributed by atoms with van der Waals surface area (Å²) < 4.78 is 13.6. The van der Waals surface area contributed by atoms with Gasteiger partial charge in [-0.25, -0.2) is 9.37 Å². The number of halogens is 1. The van der Waals surface area contributed by atoms with E-state index in [9.17, 15) is 9.18 Å². The van der Waals surface area contributed by atoms with E-state index in [1.54, 1.807) is 31.2 Å². The van der Waals surface area contributed by atoms with Crippen LogP contribution in [-0.2, 0) is 4.79 Å². The average molecular weight is 306 g/mol. The van der Waals surface area contributed by atoms with Crippen molar-refractivity contribution in [1.82, 2.24) is 20.5 Å². The molecule has 5 nitrogen and oxygen atoms in total. The van der Waals surface area contributed by atoms with Crippen LogP contribution in [0.3, 0.4) is 0 Å². The van der Waals surface area contributed by atoms with Crippen LogP contribution in [0, 0.1) is 5.82 Å². The minimum atomic E-state index is -0.373. The van der Waals surface area contributed by atoms with Crippen LogP contribution >= 0.6 is 11.8 Å². The summed E-state index contributed by atoms with van der Waals surface area (Å²) in [5, 5.41) is 9.42. The summed E-state index contributed by atoms with van der Waals surface area (Å²) in [4.78, 5) is 15.9. The number of benzene rings is 1. The summed E-state index contributed by atoms with van der Waals surface area (Å²) in [5.41, 5.74) is 0.348. The smallest absolute Gasteiger partial charge is 0.233 e. The zero-order valence-corrected chi connectivity index (χ0v) is 12.3. The molecule has 0 bridgehead atoms. The molecule has 2 rings (SSSR count). The monoisotopic (exact) mass is 306 g/mol. The second-order valence-corrected chi connectivity index (χ2v) is 5.55. The molecule has 1 unspecified atom stereocenters. The van der Waals surface area contributed by atoms with Crippen LogP contribution in [0.1, 0.15) is 6.92 Å². The average Bonchev–Trinajstić information content (AvgIpc) is 2.93. The lowest BCUT2D eigenvalue weighted by molar-refractivity contribution is -0.120. The van der Waals surface area contributed by atoms with Crippen molar-refractivity contribution in [3.8, 4) is 11.4 Å². The van der Waals surface area contributed by atoms with Gasteiger partial charge in [-0.05, 0) is 19.1 Å². The fraction of sp³-hybridized carbons (Fsp3) is 0.214. The van der Waals surface area contributed by atoms with E-state index in [4.69, 9.17) is 0 Å². The van der Waals surface area contributed by atoms with E-state index in [0.717, 1.165) is 0 Å². The Labute approximate surface area is 126 Å². The van der Waals surface area contributed by atoms with Crippen LogP contribution in [0.15, 0.2) is 42.1 Å². The van der Waals surface area contributed by atoms with Crippen molar-refractivity contribution in [3.05, 3.63) is 42.7 Å². The van der Waals surface area contributed by atoms with Crippen LogP contribution in [0.25, 0.3) is 11.4 Å². The number of amides is 1. The lowest BCUT2D eigenvalue weighted by Gasteiger charge is -2.07. The number of hydrogen-bond donors (Lipinski definition) is 2. The SMILES string of the molecule is C=CCNC(=O)C(C)Sc1n[nH]c(-c2ccccc2F)n1. The first-order valence-electron chi connectivity index (χ1n) is 6.34. The van der Waals surface area contributed by atoms with Crippen molar-refractivity contribution in [2.45, 2.75) is 17.3 Å². The number of carbonyl (C=O) groups is 1. The van der Waals surface area contributed by atoms with E-state index >= 15 is 0 Å². The first-order valence-corrected chi connectivity index (χ1v) is 7.22. The van der Waals surface area contributed by atoms with Crippen LogP contribution in [-0.4, -0.2) is 32.9 Å². The predicted octanol–water partition coefficient (Wildman–Crippen LogP) is 2.39. The second-order valence-electron chi connectivity index (χ2n) is 4.24. The molecule has 1 heterocycles. The van der Waals surface area contributed by atoms with Crippen LogP contribution in [0.4, 0.5) is 4.39 Å². The third kappa shape index (κ3) is 3.91. The van der Waals surface area contributed by atoms with Gasteiger partial charge in [0, 0.05) is 6.54 Å². The highest BCUT2D eigenvalue weighted by Gasteiger charge is 2.17. The maximum absolute atomic E-state index is 13.6. The van der Waals surface area contributed by atoms with Crippen LogP contribution in [0.5, 0.6) is 0 Å². The number of rotatable bonds is 6. The minimum absolute atomic E-state index is 0.128. The Kier molecular flexibility index (Phi) is 5.10. The summed E-state index contributed by atoms with van der Waals surface area (Å²) in [6.07, 6.45) is 1.61. The van der Waals surface area contributed by atoms with Crippen molar-refractivity contribution in [3.63, 3.8) is 0 Å². The molecule has 0 fully saturated rings. The predicted molar refractivity (Wildman–Crippen MR) is 80.3 cm³/mol. The van der Waals surface area contributed by atoms with Gasteiger partial charge in [-0.1, -0.05) is 30.0 Å². The van der Waals surface area contributed by atoms with Crippen molar-refractivity contribution >= 4 is 17.7 Å². The zero-order chi connectivity index (χ0) is 15.2. The van der Waals surface area contributed by atoms with E-state index in [0.29, 0.717) is 23.1 Å². The first kappa shape index (κ1) is 15.2. The minimum Gasteiger partial charge on any atom is -0.352 e. The van der Waals surface area contributed by atoms with E-state index in [-0.39, 0.29) is 17.0 Å². The molecular formula is C14H15FN4OS. The number of aromatic nitrogens is 3. The number of nitrogens with zero attached hydrogens (tertiary/aromatic N) is 2. The van der Waals surface area contributed by atoms with Crippen molar-refractivity contribution in [2.24, 2.45) is 0 Å². The zero-order valence-electron chi connectivity index (χ0n) is 11.5. The van der Waals surface area contributed by atoms with Gasteiger partial charge in [-0.2, -0.15) is 0 Å². The summed E-state index contributed by atoms with van der Waals surface area (Å²) in [6.45, 7) is 5.70. The molecule has 1 atom stereocenters. The Bertz CT molecular complexity index is 643. The Morgan fingerprint density at radius 1 is 1.57 bits per heavy atom. The summed E-state index contributed by atoms with van der Waals surface area (Å²) in [6, 6.07) is 6.30. The van der Waals surface area contributed by atoms with Gasteiger partial charge in [0.05, 0.1) is 10.8 Å². The standard InChI is InChI=1S/C14H15FN4OS/c1-3-8-16-13(20)9(2)21-14-17-12(18-19-14)10-6-4-5-7-11(10)15/h3-7,9H,1,8H2,2H3,(H,16,20)(H,17,18,19). The van der Waals surface area contributed by atoms with Gasteiger partial charge in [0.2, 0.25) is 11.1 Å². The normalized spacial score (nSPS) is 11.9. The summed E-state index contributed by atoms with van der Waals surface area (Å²) in [7, 11) is 0. The first-order chi connectivity index (χ1) is 10.1. The Balaban J connectivity index is 2.05. The molecule has 7 heteroatoms. The van der Waals surface area contributed by atoms with E-state index < -0.39 is 0 Å². The van der Waals surface area contributed by atoms with Crippen molar-refractivity contribution in [1.29, 1.82) is 0 Å². The molecule has 1 aromatic heterocycles. The van der Waals surface area contributed by atoms with Gasteiger partial charge in [0.25, 0.3) is 0 Å². The largest absolute Gasteiger partial charge is 0.352 e. The number of H-pyrrole nitrogens is 1. The third-order valence-electron chi connectivity index (χ3n) is 2.67. The van der Waals surface area contributed by atoms with E-state index in [1.165, 1.54) is 17.8 Å². The highest BCUT2D eigenvalue weighted by Crippen LogP contribution is 2.24. The lowest BCUT2D eigenvalue weighted by Crippen LogP contribution is -2.30. The number of hydrogen-bond acceptors (Lipinski definition) is 4. The third-order valence-corrected chi connectivity index (χ3v) is 3.63. The summed E-state index contributed by atoms with van der Waals surface area (Å²) in [5.74, 6) is -0.159. The Morgan fingerprint density at radius 3 is 3.05 bits per heavy atom. The Morgan fingerprint density at radius 2 is 2.33 bits per heavy atom. The molecule has 0 saturated heterocycles. The highest BCUT2D eigenvalue weighted by atomic mass is 32.2. The molecule has 110 valence electrons. The number of thioether (sulfide) groups is 1. The molecule has 0 aliphatic heterocycles. The van der Waals surface area contributed by atoms with Crippen molar-refractivity contribution in [2.75, 3.05) is 6.54 Å². The highest BCUT2D eigenvalue weighted by molar-refractivity contribution is 8.00. The molecule has 1 amide bonds. The molecule has 21 heavy (non-hydrogen) atoms. The molecule has 0 spiro atoms. The maximum Gasteiger partial charge on any atom is 0.233 e. The lowest BCUT2D eigenvalue weighted by atomic mass is 10.2. The quantitative estimate of drug-likeness (QED) is 0.635. The van der Waals surface area contributed by atoms with Gasteiger partial charge in [0.1, 0.15) is 5.82 Å². The Hall–Kier alpha value is -2.15. The molecule has 0 radical (unpaired) electrons. The molecular weight excluding hydrogens is 291 g/mol. The molecule has 0 saturated carbocycles. The van der Waals surface area contributed by atoms with Gasteiger partial charge in [-0.3, -0.25) is 9.89 Å². The van der Waals surface area contributed by atoms with Crippen molar-refractivity contribution < 1.29 is 9.18 Å². The maximum atomic E-state index is 13.6. The van der Waals surface area contributed by atoms with Gasteiger partial charge < -0.3 is 5.32 Å². The van der Waals surface area contributed by atoms with Gasteiger partial charge in [-0.15, -0.1) is 11.7 Å². The molecule has 0 aliphatic rings. The van der Waals surface area contributed by atoms with E-state index in [2.05, 4.69) is 27.1 Å². The number of carbonyl (C=O) groups excluding carboxylic acids is 1. The molecule has 0 aliphatic carbocycles. The number of nitrogens with one attached hydrogen (secondary N) is 2. The van der Waals surface area contributed by atoms with Crippen LogP contribution in [0.2, 0.25) is 0 Å². The summed E-state index contributed by atoms with van der Waals surface area (Å²) >= 11 is 1.20. The fourth-order valence-electron chi connectivity index (χ4n) is 1.60. The second kappa shape index (κ2) is 7.03. The number of aromatic amines is 1. The van der Waals surface area contributed by atoms with E-state index in [1.807, 2.05) is 0 Å². The van der Waals surface area contributed by atoms with Gasteiger partial charge in [0.15, 0.2) is 5.82 Å². The topological polar surface area (TPSA) is 70.7 Å². The van der Waals surface area contributed by atoms with Crippen LogP contribution < -0.4 is 5.32 Å². The van der Waals surface area contributed by atoms with Gasteiger partial charge >= 0.3 is 0 Å². The molecule has 2 N–H and O–H groups in total.